The van der Waals surface area contributed by atoms with Crippen LogP contribution in [-0.2, 0) is 4.79 Å². The summed E-state index contributed by atoms with van der Waals surface area (Å²) in [7, 11) is 0. The first-order valence-corrected chi connectivity index (χ1v) is 11.4. The molecule has 1 saturated heterocycles. The van der Waals surface area contributed by atoms with E-state index in [0.717, 1.165) is 53.8 Å². The SMILES string of the molecule is O=C(O)CCCN1CCCC1COc1ccc(Oc2ccc(-c3nccs3)cc2)cc1. The van der Waals surface area contributed by atoms with Gasteiger partial charge in [-0.25, -0.2) is 4.98 Å². The van der Waals surface area contributed by atoms with Gasteiger partial charge in [0.15, 0.2) is 0 Å². The molecule has 6 nitrogen and oxygen atoms in total. The highest BCUT2D eigenvalue weighted by molar-refractivity contribution is 7.13. The predicted octanol–water partition coefficient (Wildman–Crippen LogP) is 5.31. The molecule has 1 atom stereocenters. The van der Waals surface area contributed by atoms with Crippen molar-refractivity contribution in [3.63, 3.8) is 0 Å². The third-order valence-corrected chi connectivity index (χ3v) is 6.19. The van der Waals surface area contributed by atoms with E-state index in [1.807, 2.05) is 53.9 Å². The highest BCUT2D eigenvalue weighted by Gasteiger charge is 2.24. The Hall–Kier alpha value is -2.90. The molecule has 1 unspecified atom stereocenters. The minimum absolute atomic E-state index is 0.221. The fraction of sp³-hybridized carbons (Fsp3) is 0.333. The summed E-state index contributed by atoms with van der Waals surface area (Å²) >= 11 is 1.61. The number of benzene rings is 2. The van der Waals surface area contributed by atoms with Gasteiger partial charge in [-0.2, -0.15) is 0 Å². The molecular formula is C24H26N2O4S. The highest BCUT2D eigenvalue weighted by Crippen LogP contribution is 2.28. The maximum atomic E-state index is 10.7. The van der Waals surface area contributed by atoms with Crippen molar-refractivity contribution in [2.24, 2.45) is 0 Å². The summed E-state index contributed by atoms with van der Waals surface area (Å²) in [5.41, 5.74) is 1.08. The molecule has 0 saturated carbocycles. The average molecular weight is 439 g/mol. The van der Waals surface area contributed by atoms with Gasteiger partial charge in [0, 0.05) is 29.6 Å². The molecule has 1 aliphatic heterocycles. The lowest BCUT2D eigenvalue weighted by Gasteiger charge is -2.24. The van der Waals surface area contributed by atoms with Crippen molar-refractivity contribution in [2.75, 3.05) is 19.7 Å². The van der Waals surface area contributed by atoms with Crippen molar-refractivity contribution in [1.29, 1.82) is 0 Å². The number of carbonyl (C=O) groups is 1. The van der Waals surface area contributed by atoms with Crippen LogP contribution in [0.15, 0.2) is 60.1 Å². The molecule has 0 aliphatic carbocycles. The molecule has 4 rings (SSSR count). The van der Waals surface area contributed by atoms with Gasteiger partial charge >= 0.3 is 5.97 Å². The van der Waals surface area contributed by atoms with Crippen molar-refractivity contribution in [3.05, 3.63) is 60.1 Å². The lowest BCUT2D eigenvalue weighted by Crippen LogP contribution is -2.35. The minimum atomic E-state index is -0.732. The van der Waals surface area contributed by atoms with E-state index in [1.165, 1.54) is 0 Å². The predicted molar refractivity (Wildman–Crippen MR) is 121 cm³/mol. The first-order valence-electron chi connectivity index (χ1n) is 10.5. The lowest BCUT2D eigenvalue weighted by atomic mass is 10.2. The van der Waals surface area contributed by atoms with Gasteiger partial charge in [0.25, 0.3) is 0 Å². The van der Waals surface area contributed by atoms with E-state index in [1.54, 1.807) is 17.5 Å². The molecule has 1 aromatic heterocycles. The maximum Gasteiger partial charge on any atom is 0.303 e. The normalized spacial score (nSPS) is 16.3. The number of aromatic nitrogens is 1. The monoisotopic (exact) mass is 438 g/mol. The first-order chi connectivity index (χ1) is 15.2. The standard InChI is InChI=1S/C24H26N2O4S/c27-23(28)4-2-15-26-14-1-3-19(26)17-29-20-9-11-22(12-10-20)30-21-7-5-18(6-8-21)24-25-13-16-31-24/h5-13,16,19H,1-4,14-15,17H2,(H,27,28). The number of rotatable bonds is 10. The molecule has 0 spiro atoms. The zero-order valence-electron chi connectivity index (χ0n) is 17.3. The molecule has 2 aromatic carbocycles. The van der Waals surface area contributed by atoms with Gasteiger partial charge in [0.2, 0.25) is 0 Å². The van der Waals surface area contributed by atoms with E-state index in [9.17, 15) is 4.79 Å². The number of thiazole rings is 1. The summed E-state index contributed by atoms with van der Waals surface area (Å²) < 4.78 is 11.9. The Balaban J connectivity index is 1.26. The van der Waals surface area contributed by atoms with Crippen LogP contribution in [0, 0.1) is 0 Å². The van der Waals surface area contributed by atoms with Crippen LogP contribution in [0.2, 0.25) is 0 Å². The zero-order chi connectivity index (χ0) is 21.5. The van der Waals surface area contributed by atoms with Gasteiger partial charge in [0.1, 0.15) is 28.9 Å². The molecule has 0 amide bonds. The Morgan fingerprint density at radius 1 is 1.10 bits per heavy atom. The maximum absolute atomic E-state index is 10.7. The Kier molecular flexibility index (Phi) is 7.17. The van der Waals surface area contributed by atoms with Gasteiger partial charge in [-0.1, -0.05) is 0 Å². The Bertz CT molecular complexity index is 958. The van der Waals surface area contributed by atoms with Crippen molar-refractivity contribution >= 4 is 17.3 Å². The number of ether oxygens (including phenoxy) is 2. The molecule has 2 heterocycles. The zero-order valence-corrected chi connectivity index (χ0v) is 18.1. The fourth-order valence-electron chi connectivity index (χ4n) is 3.78. The third kappa shape index (κ3) is 6.06. The van der Waals surface area contributed by atoms with Crippen LogP contribution >= 0.6 is 11.3 Å². The Morgan fingerprint density at radius 3 is 2.48 bits per heavy atom. The second-order valence-electron chi connectivity index (χ2n) is 7.58. The number of nitrogens with zero attached hydrogens (tertiary/aromatic N) is 2. The van der Waals surface area contributed by atoms with Crippen molar-refractivity contribution in [2.45, 2.75) is 31.7 Å². The topological polar surface area (TPSA) is 71.9 Å². The lowest BCUT2D eigenvalue weighted by molar-refractivity contribution is -0.137. The van der Waals surface area contributed by atoms with Crippen molar-refractivity contribution < 1.29 is 19.4 Å². The quantitative estimate of drug-likeness (QED) is 0.462. The molecule has 1 N–H and O–H groups in total. The smallest absolute Gasteiger partial charge is 0.303 e. The van der Waals surface area contributed by atoms with E-state index in [4.69, 9.17) is 14.6 Å². The van der Waals surface area contributed by atoms with Gasteiger partial charge in [0.05, 0.1) is 0 Å². The summed E-state index contributed by atoms with van der Waals surface area (Å²) in [6, 6.07) is 15.9. The highest BCUT2D eigenvalue weighted by atomic mass is 32.1. The summed E-state index contributed by atoms with van der Waals surface area (Å²) in [5, 5.41) is 11.8. The second-order valence-corrected chi connectivity index (χ2v) is 8.47. The number of aliphatic carboxylic acids is 1. The summed E-state index contributed by atoms with van der Waals surface area (Å²) in [6.45, 7) is 2.45. The van der Waals surface area contributed by atoms with Crippen LogP contribution in [0.3, 0.4) is 0 Å². The van der Waals surface area contributed by atoms with Gasteiger partial charge in [-0.05, 0) is 80.9 Å². The Labute approximate surface area is 186 Å². The summed E-state index contributed by atoms with van der Waals surface area (Å²) in [5.74, 6) is 1.61. The number of likely N-dealkylation sites (tertiary alicyclic amines) is 1. The van der Waals surface area contributed by atoms with Crippen molar-refractivity contribution in [3.8, 4) is 27.8 Å². The first kappa shape index (κ1) is 21.3. The van der Waals surface area contributed by atoms with Gasteiger partial charge in [-0.15, -0.1) is 11.3 Å². The van der Waals surface area contributed by atoms with Crippen LogP contribution in [0.4, 0.5) is 0 Å². The van der Waals surface area contributed by atoms with Crippen LogP contribution in [0.5, 0.6) is 17.2 Å². The number of carboxylic acids is 1. The van der Waals surface area contributed by atoms with Crippen LogP contribution in [0.25, 0.3) is 10.6 Å². The minimum Gasteiger partial charge on any atom is -0.492 e. The number of carboxylic acid groups (broad SMARTS) is 1. The summed E-state index contributed by atoms with van der Waals surface area (Å²) in [6.07, 6.45) is 4.93. The van der Waals surface area contributed by atoms with Crippen LogP contribution < -0.4 is 9.47 Å². The molecular weight excluding hydrogens is 412 g/mol. The Morgan fingerprint density at radius 2 is 1.81 bits per heavy atom. The molecule has 31 heavy (non-hydrogen) atoms. The number of hydrogen-bond acceptors (Lipinski definition) is 6. The summed E-state index contributed by atoms with van der Waals surface area (Å²) in [4.78, 5) is 17.4. The average Bonchev–Trinajstić information content (AvgIpc) is 3.46. The molecule has 7 heteroatoms. The van der Waals surface area contributed by atoms with E-state index in [0.29, 0.717) is 19.1 Å². The third-order valence-electron chi connectivity index (χ3n) is 5.37. The molecule has 1 fully saturated rings. The van der Waals surface area contributed by atoms with Crippen molar-refractivity contribution in [1.82, 2.24) is 9.88 Å². The molecule has 0 radical (unpaired) electrons. The van der Waals surface area contributed by atoms with Crippen LogP contribution in [0.1, 0.15) is 25.7 Å². The second kappa shape index (κ2) is 10.4. The molecule has 1 aliphatic rings. The molecule has 0 bridgehead atoms. The molecule has 3 aromatic rings. The van der Waals surface area contributed by atoms with E-state index in [-0.39, 0.29) is 6.42 Å². The van der Waals surface area contributed by atoms with E-state index in [2.05, 4.69) is 9.88 Å². The van der Waals surface area contributed by atoms with E-state index >= 15 is 0 Å². The molecule has 162 valence electrons. The fourth-order valence-corrected chi connectivity index (χ4v) is 4.42. The van der Waals surface area contributed by atoms with Gasteiger partial charge < -0.3 is 14.6 Å². The van der Waals surface area contributed by atoms with Crippen LogP contribution in [-0.4, -0.2) is 46.7 Å². The van der Waals surface area contributed by atoms with Gasteiger partial charge in [-0.3, -0.25) is 9.69 Å². The number of hydrogen-bond donors (Lipinski definition) is 1. The van der Waals surface area contributed by atoms with E-state index < -0.39 is 5.97 Å². The largest absolute Gasteiger partial charge is 0.492 e.